The van der Waals surface area contributed by atoms with E-state index in [1.807, 2.05) is 32.9 Å². The second-order valence-corrected chi connectivity index (χ2v) is 5.44. The maximum Gasteiger partial charge on any atom is 0.153 e. The molecule has 0 atom stereocenters. The van der Waals surface area contributed by atoms with Gasteiger partial charge in [0.15, 0.2) is 5.82 Å². The van der Waals surface area contributed by atoms with Crippen LogP contribution in [0.3, 0.4) is 0 Å². The molecule has 0 aliphatic carbocycles. The van der Waals surface area contributed by atoms with Crippen LogP contribution in [0.25, 0.3) is 10.6 Å². The van der Waals surface area contributed by atoms with Gasteiger partial charge < -0.3 is 5.32 Å². The molecule has 17 heavy (non-hydrogen) atoms. The van der Waals surface area contributed by atoms with E-state index in [1.54, 1.807) is 0 Å². The largest absolute Gasteiger partial charge is 0.369 e. The number of aryl methyl sites for hydroxylation is 2. The van der Waals surface area contributed by atoms with Gasteiger partial charge in [0.05, 0.1) is 20.6 Å². The molecule has 0 saturated heterocycles. The normalized spacial score (nSPS) is 10.6. The molecular formula is C12H14ClN3S. The fraction of sp³-hybridized carbons (Fsp3) is 0.333. The van der Waals surface area contributed by atoms with Gasteiger partial charge in [-0.25, -0.2) is 9.97 Å². The van der Waals surface area contributed by atoms with Crippen LogP contribution in [-0.2, 0) is 0 Å². The van der Waals surface area contributed by atoms with Crippen LogP contribution < -0.4 is 5.32 Å². The maximum atomic E-state index is 5.96. The van der Waals surface area contributed by atoms with Gasteiger partial charge in [-0.2, -0.15) is 0 Å². The molecule has 0 aliphatic heterocycles. The van der Waals surface area contributed by atoms with E-state index in [2.05, 4.69) is 15.3 Å². The summed E-state index contributed by atoms with van der Waals surface area (Å²) in [7, 11) is 0. The number of thiophene rings is 1. The molecule has 0 amide bonds. The smallest absolute Gasteiger partial charge is 0.153 e. The second kappa shape index (κ2) is 5.02. The van der Waals surface area contributed by atoms with Crippen molar-refractivity contribution in [3.8, 4) is 10.6 Å². The van der Waals surface area contributed by atoms with Gasteiger partial charge in [-0.3, -0.25) is 0 Å². The molecule has 90 valence electrons. The first kappa shape index (κ1) is 12.3. The molecule has 1 N–H and O–H groups in total. The Balaban J connectivity index is 2.54. The Hall–Kier alpha value is -1.13. The summed E-state index contributed by atoms with van der Waals surface area (Å²) in [5, 5.41) is 3.24. The Morgan fingerprint density at radius 2 is 1.94 bits per heavy atom. The van der Waals surface area contributed by atoms with E-state index in [1.165, 1.54) is 11.3 Å². The van der Waals surface area contributed by atoms with Gasteiger partial charge in [0.2, 0.25) is 0 Å². The van der Waals surface area contributed by atoms with Crippen molar-refractivity contribution in [1.29, 1.82) is 0 Å². The first-order chi connectivity index (χ1) is 8.11. The van der Waals surface area contributed by atoms with Crippen LogP contribution in [-0.4, -0.2) is 16.5 Å². The Labute approximate surface area is 110 Å². The molecule has 0 spiro atoms. The van der Waals surface area contributed by atoms with Crippen molar-refractivity contribution in [1.82, 2.24) is 9.97 Å². The lowest BCUT2D eigenvalue weighted by Crippen LogP contribution is -2.05. The summed E-state index contributed by atoms with van der Waals surface area (Å²) in [5.41, 5.74) is 2.78. The molecule has 2 heterocycles. The summed E-state index contributed by atoms with van der Waals surface area (Å²) in [6, 6.07) is 3.86. The van der Waals surface area contributed by atoms with Crippen molar-refractivity contribution >= 4 is 28.8 Å². The van der Waals surface area contributed by atoms with Crippen molar-refractivity contribution in [3.63, 3.8) is 0 Å². The average molecular weight is 268 g/mol. The zero-order chi connectivity index (χ0) is 12.4. The van der Waals surface area contributed by atoms with Crippen LogP contribution in [0.15, 0.2) is 12.1 Å². The Kier molecular flexibility index (Phi) is 3.64. The summed E-state index contributed by atoms with van der Waals surface area (Å²) in [6.45, 7) is 6.80. The highest BCUT2D eigenvalue weighted by molar-refractivity contribution is 7.19. The molecule has 0 unspecified atom stereocenters. The van der Waals surface area contributed by atoms with Gasteiger partial charge in [0, 0.05) is 6.54 Å². The molecule has 2 aromatic heterocycles. The van der Waals surface area contributed by atoms with E-state index in [0.29, 0.717) is 0 Å². The SMILES string of the molecule is CCNc1nc(C)c(C)nc1-c1ccc(Cl)s1. The topological polar surface area (TPSA) is 37.8 Å². The third-order valence-electron chi connectivity index (χ3n) is 2.46. The van der Waals surface area contributed by atoms with E-state index in [0.717, 1.165) is 38.7 Å². The lowest BCUT2D eigenvalue weighted by atomic mass is 10.2. The quantitative estimate of drug-likeness (QED) is 0.916. The van der Waals surface area contributed by atoms with Crippen LogP contribution in [0.4, 0.5) is 5.82 Å². The van der Waals surface area contributed by atoms with Crippen LogP contribution in [0.2, 0.25) is 4.34 Å². The Bertz CT molecular complexity index is 537. The lowest BCUT2D eigenvalue weighted by Gasteiger charge is -2.10. The molecule has 2 rings (SSSR count). The molecule has 0 bridgehead atoms. The number of hydrogen-bond acceptors (Lipinski definition) is 4. The van der Waals surface area contributed by atoms with Gasteiger partial charge >= 0.3 is 0 Å². The number of halogens is 1. The lowest BCUT2D eigenvalue weighted by molar-refractivity contribution is 1.04. The highest BCUT2D eigenvalue weighted by Crippen LogP contribution is 2.33. The summed E-state index contributed by atoms with van der Waals surface area (Å²) < 4.78 is 0.766. The van der Waals surface area contributed by atoms with Crippen LogP contribution in [0.5, 0.6) is 0 Å². The summed E-state index contributed by atoms with van der Waals surface area (Å²) in [6.07, 6.45) is 0. The minimum atomic E-state index is 0.766. The second-order valence-electron chi connectivity index (χ2n) is 3.73. The minimum Gasteiger partial charge on any atom is -0.369 e. The molecule has 0 aromatic carbocycles. The van der Waals surface area contributed by atoms with Gasteiger partial charge in [-0.15, -0.1) is 11.3 Å². The third kappa shape index (κ3) is 2.58. The van der Waals surface area contributed by atoms with Gasteiger partial charge in [0.1, 0.15) is 5.69 Å². The maximum absolute atomic E-state index is 5.96. The summed E-state index contributed by atoms with van der Waals surface area (Å²) >= 11 is 7.48. The molecule has 0 radical (unpaired) electrons. The predicted molar refractivity (Wildman–Crippen MR) is 74.0 cm³/mol. The van der Waals surface area contributed by atoms with Crippen LogP contribution >= 0.6 is 22.9 Å². The molecule has 0 saturated carbocycles. The van der Waals surface area contributed by atoms with E-state index in [-0.39, 0.29) is 0 Å². The first-order valence-electron chi connectivity index (χ1n) is 5.46. The number of hydrogen-bond donors (Lipinski definition) is 1. The molecule has 0 fully saturated rings. The average Bonchev–Trinajstić information content (AvgIpc) is 2.70. The number of nitrogens with one attached hydrogen (secondary N) is 1. The van der Waals surface area contributed by atoms with E-state index in [9.17, 15) is 0 Å². The van der Waals surface area contributed by atoms with E-state index >= 15 is 0 Å². The summed E-state index contributed by atoms with van der Waals surface area (Å²) in [4.78, 5) is 10.2. The van der Waals surface area contributed by atoms with Crippen molar-refractivity contribution < 1.29 is 0 Å². The number of rotatable bonds is 3. The van der Waals surface area contributed by atoms with Crippen LogP contribution in [0.1, 0.15) is 18.3 Å². The van der Waals surface area contributed by atoms with Crippen molar-refractivity contribution in [2.45, 2.75) is 20.8 Å². The van der Waals surface area contributed by atoms with Gasteiger partial charge in [-0.05, 0) is 32.9 Å². The van der Waals surface area contributed by atoms with Gasteiger partial charge in [0.25, 0.3) is 0 Å². The first-order valence-corrected chi connectivity index (χ1v) is 6.66. The molecule has 3 nitrogen and oxygen atoms in total. The van der Waals surface area contributed by atoms with Crippen LogP contribution in [0, 0.1) is 13.8 Å². The minimum absolute atomic E-state index is 0.766. The van der Waals surface area contributed by atoms with Crippen molar-refractivity contribution in [2.75, 3.05) is 11.9 Å². The summed E-state index contributed by atoms with van der Waals surface area (Å²) in [5.74, 6) is 0.828. The van der Waals surface area contributed by atoms with Crippen molar-refractivity contribution in [2.24, 2.45) is 0 Å². The third-order valence-corrected chi connectivity index (χ3v) is 3.70. The van der Waals surface area contributed by atoms with Gasteiger partial charge in [-0.1, -0.05) is 11.6 Å². The fourth-order valence-electron chi connectivity index (χ4n) is 1.51. The number of nitrogens with zero attached hydrogens (tertiary/aromatic N) is 2. The number of aromatic nitrogens is 2. The van der Waals surface area contributed by atoms with E-state index < -0.39 is 0 Å². The molecule has 5 heteroatoms. The Morgan fingerprint density at radius 3 is 2.53 bits per heavy atom. The highest BCUT2D eigenvalue weighted by Gasteiger charge is 2.12. The monoisotopic (exact) mass is 267 g/mol. The fourth-order valence-corrected chi connectivity index (χ4v) is 2.54. The molecular weight excluding hydrogens is 254 g/mol. The Morgan fingerprint density at radius 1 is 1.24 bits per heavy atom. The predicted octanol–water partition coefficient (Wildman–Crippen LogP) is 3.91. The number of anilines is 1. The molecule has 2 aromatic rings. The molecule has 0 aliphatic rings. The van der Waals surface area contributed by atoms with Crippen molar-refractivity contribution in [3.05, 3.63) is 27.9 Å². The zero-order valence-corrected chi connectivity index (χ0v) is 11.6. The highest BCUT2D eigenvalue weighted by atomic mass is 35.5. The standard InChI is InChI=1S/C12H14ClN3S/c1-4-14-12-11(9-5-6-10(13)17-9)15-7(2)8(3)16-12/h5-6H,4H2,1-3H3,(H,14,16). The zero-order valence-electron chi connectivity index (χ0n) is 10.0. The van der Waals surface area contributed by atoms with E-state index in [4.69, 9.17) is 11.6 Å².